The van der Waals surface area contributed by atoms with Crippen LogP contribution in [0.15, 0.2) is 48.5 Å². The van der Waals surface area contributed by atoms with E-state index in [1.165, 1.54) is 22.3 Å². The van der Waals surface area contributed by atoms with Crippen molar-refractivity contribution < 1.29 is 4.74 Å². The summed E-state index contributed by atoms with van der Waals surface area (Å²) in [6, 6.07) is 15.0. The Kier molecular flexibility index (Phi) is 1.61. The molecule has 1 heterocycles. The van der Waals surface area contributed by atoms with Gasteiger partial charge in [0.2, 0.25) is 0 Å². The summed E-state index contributed by atoms with van der Waals surface area (Å²) in [7, 11) is 0. The average Bonchev–Trinajstić information content (AvgIpc) is 2.66. The Bertz CT molecular complexity index is 797. The summed E-state index contributed by atoms with van der Waals surface area (Å²) in [6.45, 7) is 4.68. The lowest BCUT2D eigenvalue weighted by atomic mass is 9.55. The molecule has 1 nitrogen and oxygen atoms in total. The predicted octanol–water partition coefficient (Wildman–Crippen LogP) is 4.91. The van der Waals surface area contributed by atoms with Gasteiger partial charge in [-0.2, -0.15) is 0 Å². The molecule has 0 saturated heterocycles. The second-order valence-electron chi connectivity index (χ2n) is 6.91. The van der Waals surface area contributed by atoms with Crippen LogP contribution in [-0.2, 0) is 5.41 Å². The second kappa shape index (κ2) is 3.01. The summed E-state index contributed by atoms with van der Waals surface area (Å²) in [5.41, 5.74) is 6.00. The van der Waals surface area contributed by atoms with Crippen LogP contribution in [0.5, 0.6) is 11.5 Å². The number of hydrogen-bond donors (Lipinski definition) is 0. The van der Waals surface area contributed by atoms with Crippen molar-refractivity contribution in [1.29, 1.82) is 0 Å². The molecule has 0 aromatic heterocycles. The number of benzene rings is 2. The summed E-state index contributed by atoms with van der Waals surface area (Å²) in [5, 5.41) is 0. The molecule has 1 spiro atoms. The van der Waals surface area contributed by atoms with Gasteiger partial charge in [0.25, 0.3) is 0 Å². The number of rotatable bonds is 0. The summed E-state index contributed by atoms with van der Waals surface area (Å²) in [5.74, 6) is 2.08. The van der Waals surface area contributed by atoms with E-state index >= 15 is 0 Å². The minimum absolute atomic E-state index is 0.0876. The van der Waals surface area contributed by atoms with Crippen molar-refractivity contribution in [2.45, 2.75) is 25.7 Å². The molecule has 0 amide bonds. The lowest BCUT2D eigenvalue weighted by Crippen LogP contribution is -2.40. The minimum Gasteiger partial charge on any atom is -0.457 e. The van der Waals surface area contributed by atoms with Crippen LogP contribution in [0.3, 0.4) is 0 Å². The molecule has 5 rings (SSSR count). The van der Waals surface area contributed by atoms with Gasteiger partial charge in [-0.15, -0.1) is 0 Å². The molecule has 0 N–H and O–H groups in total. The molecule has 98 valence electrons. The lowest BCUT2D eigenvalue weighted by Gasteiger charge is -2.49. The van der Waals surface area contributed by atoms with E-state index in [1.54, 1.807) is 0 Å². The zero-order chi connectivity index (χ0) is 13.5. The van der Waals surface area contributed by atoms with Crippen LogP contribution >= 0.6 is 0 Å². The van der Waals surface area contributed by atoms with Crippen LogP contribution in [0.1, 0.15) is 37.0 Å². The molecule has 1 aliphatic heterocycles. The lowest BCUT2D eigenvalue weighted by molar-refractivity contribution is 0.356. The first-order chi connectivity index (χ1) is 9.62. The van der Waals surface area contributed by atoms with Crippen molar-refractivity contribution in [1.82, 2.24) is 0 Å². The third-order valence-electron chi connectivity index (χ3n) is 5.03. The Balaban J connectivity index is 1.90. The first kappa shape index (κ1) is 10.7. The fourth-order valence-corrected chi connectivity index (χ4v) is 4.49. The Morgan fingerprint density at radius 3 is 2.65 bits per heavy atom. The highest BCUT2D eigenvalue weighted by Crippen LogP contribution is 2.70. The van der Waals surface area contributed by atoms with E-state index in [0.29, 0.717) is 0 Å². The third kappa shape index (κ3) is 0.997. The van der Waals surface area contributed by atoms with Gasteiger partial charge in [0.15, 0.2) is 0 Å². The monoisotopic (exact) mass is 260 g/mol. The zero-order valence-electron chi connectivity index (χ0n) is 11.7. The molecule has 3 aliphatic rings. The van der Waals surface area contributed by atoms with Crippen molar-refractivity contribution >= 4 is 5.57 Å². The maximum atomic E-state index is 6.13. The fourth-order valence-electron chi connectivity index (χ4n) is 4.49. The largest absolute Gasteiger partial charge is 0.457 e. The molecule has 2 aliphatic carbocycles. The smallest absolute Gasteiger partial charge is 0.132 e. The Labute approximate surface area is 118 Å². The van der Waals surface area contributed by atoms with Crippen molar-refractivity contribution in [3.8, 4) is 11.5 Å². The number of para-hydroxylation sites is 1. The van der Waals surface area contributed by atoms with E-state index in [4.69, 9.17) is 4.74 Å². The molecule has 1 atom stereocenters. The number of fused-ring (bicyclic) bond motifs is 2. The van der Waals surface area contributed by atoms with Gasteiger partial charge in [0, 0.05) is 11.1 Å². The van der Waals surface area contributed by atoms with Crippen LogP contribution in [0, 0.1) is 5.41 Å². The van der Waals surface area contributed by atoms with Crippen LogP contribution in [0.25, 0.3) is 5.57 Å². The maximum absolute atomic E-state index is 6.13. The third-order valence-corrected chi connectivity index (χ3v) is 5.03. The van der Waals surface area contributed by atoms with E-state index < -0.39 is 0 Å². The van der Waals surface area contributed by atoms with Crippen molar-refractivity contribution in [3.05, 3.63) is 65.2 Å². The molecule has 20 heavy (non-hydrogen) atoms. The molecule has 1 heteroatoms. The molecule has 2 aromatic rings. The van der Waals surface area contributed by atoms with Gasteiger partial charge in [0.1, 0.15) is 11.5 Å². The molecule has 0 bridgehead atoms. The summed E-state index contributed by atoms with van der Waals surface area (Å²) in [4.78, 5) is 0. The Morgan fingerprint density at radius 1 is 0.950 bits per heavy atom. The Morgan fingerprint density at radius 2 is 1.75 bits per heavy atom. The Hall–Kier alpha value is -2.02. The zero-order valence-corrected chi connectivity index (χ0v) is 11.7. The van der Waals surface area contributed by atoms with E-state index in [0.717, 1.165) is 17.9 Å². The minimum atomic E-state index is 0.0876. The molecular weight excluding hydrogens is 244 g/mol. The van der Waals surface area contributed by atoms with Gasteiger partial charge in [-0.1, -0.05) is 50.3 Å². The van der Waals surface area contributed by atoms with E-state index in [2.05, 4.69) is 62.4 Å². The highest BCUT2D eigenvalue weighted by molar-refractivity contribution is 5.97. The summed E-state index contributed by atoms with van der Waals surface area (Å²) in [6.07, 6.45) is 3.63. The van der Waals surface area contributed by atoms with Crippen LogP contribution in [0.2, 0.25) is 0 Å². The quantitative estimate of drug-likeness (QED) is 0.654. The van der Waals surface area contributed by atoms with Crippen molar-refractivity contribution in [2.24, 2.45) is 5.41 Å². The van der Waals surface area contributed by atoms with Crippen LogP contribution in [-0.4, -0.2) is 0 Å². The topological polar surface area (TPSA) is 9.23 Å². The van der Waals surface area contributed by atoms with Crippen molar-refractivity contribution in [3.63, 3.8) is 0 Å². The first-order valence-electron chi connectivity index (χ1n) is 7.26. The molecule has 2 aromatic carbocycles. The molecular formula is C19H16O. The molecule has 1 unspecified atom stereocenters. The number of allylic oxidation sites excluding steroid dienone is 2. The first-order valence-corrected chi connectivity index (χ1v) is 7.26. The van der Waals surface area contributed by atoms with Gasteiger partial charge >= 0.3 is 0 Å². The highest BCUT2D eigenvalue weighted by Gasteiger charge is 2.59. The fraction of sp³-hybridized carbons (Fsp3) is 0.263. The van der Waals surface area contributed by atoms with Gasteiger partial charge in [-0.3, -0.25) is 0 Å². The normalized spacial score (nSPS) is 26.6. The van der Waals surface area contributed by atoms with Crippen LogP contribution < -0.4 is 4.74 Å². The van der Waals surface area contributed by atoms with Gasteiger partial charge < -0.3 is 4.74 Å². The predicted molar refractivity (Wildman–Crippen MR) is 80.1 cm³/mol. The SMILES string of the molecule is CC1(C)C=C2c3cccc4c3C2(C1)c1ccccc1O4. The summed E-state index contributed by atoms with van der Waals surface area (Å²) >= 11 is 0. The van der Waals surface area contributed by atoms with Crippen LogP contribution in [0.4, 0.5) is 0 Å². The molecule has 0 saturated carbocycles. The highest BCUT2D eigenvalue weighted by atomic mass is 16.5. The standard InChI is InChI=1S/C19H16O/c1-18(2)10-14-12-6-5-9-16-17(12)19(14,11-18)13-7-3-4-8-15(13)20-16/h3-10H,11H2,1-2H3. The molecule has 0 radical (unpaired) electrons. The number of ether oxygens (including phenoxy) is 1. The van der Waals surface area contributed by atoms with Gasteiger partial charge in [0.05, 0.1) is 5.41 Å². The average molecular weight is 260 g/mol. The maximum Gasteiger partial charge on any atom is 0.132 e. The second-order valence-corrected chi connectivity index (χ2v) is 6.91. The number of hydrogen-bond acceptors (Lipinski definition) is 1. The van der Waals surface area contributed by atoms with Gasteiger partial charge in [-0.25, -0.2) is 0 Å². The summed E-state index contributed by atoms with van der Waals surface area (Å²) < 4.78 is 6.13. The van der Waals surface area contributed by atoms with E-state index in [-0.39, 0.29) is 10.8 Å². The van der Waals surface area contributed by atoms with E-state index in [9.17, 15) is 0 Å². The van der Waals surface area contributed by atoms with E-state index in [1.807, 2.05) is 0 Å². The van der Waals surface area contributed by atoms with Gasteiger partial charge in [-0.05, 0) is 35.1 Å². The molecule has 0 fully saturated rings. The van der Waals surface area contributed by atoms with Crippen molar-refractivity contribution in [2.75, 3.05) is 0 Å².